The van der Waals surface area contributed by atoms with Crippen LogP contribution in [-0.2, 0) is 13.5 Å². The minimum atomic E-state index is -0.0536. The Kier molecular flexibility index (Phi) is 3.63. The Hall–Kier alpha value is -1.86. The van der Waals surface area contributed by atoms with Crippen LogP contribution in [0, 0.1) is 13.8 Å². The molecule has 7 nitrogen and oxygen atoms in total. The van der Waals surface area contributed by atoms with Gasteiger partial charge in [-0.25, -0.2) is 4.98 Å². The summed E-state index contributed by atoms with van der Waals surface area (Å²) in [6.07, 6.45) is 2.19. The summed E-state index contributed by atoms with van der Waals surface area (Å²) in [4.78, 5) is 4.20. The van der Waals surface area contributed by atoms with Crippen molar-refractivity contribution in [1.29, 1.82) is 0 Å². The highest BCUT2D eigenvalue weighted by Crippen LogP contribution is 2.19. The zero-order valence-electron chi connectivity index (χ0n) is 10.8. The van der Waals surface area contributed by atoms with E-state index in [1.807, 2.05) is 27.0 Å². The topological polar surface area (TPSA) is 94.5 Å². The molecule has 2 rings (SSSR count). The summed E-state index contributed by atoms with van der Waals surface area (Å²) in [5.74, 6) is 6.50. The van der Waals surface area contributed by atoms with E-state index < -0.39 is 0 Å². The third-order valence-electron chi connectivity index (χ3n) is 2.91. The maximum Gasteiger partial charge on any atom is 0.138 e. The molecule has 0 spiro atoms. The molecule has 2 heterocycles. The van der Waals surface area contributed by atoms with E-state index in [0.29, 0.717) is 6.42 Å². The van der Waals surface area contributed by atoms with Crippen molar-refractivity contribution in [1.82, 2.24) is 30.4 Å². The number of hydrazine groups is 1. The molecule has 2 aromatic heterocycles. The quantitative estimate of drug-likeness (QED) is 0.582. The third-order valence-corrected chi connectivity index (χ3v) is 2.91. The van der Waals surface area contributed by atoms with Crippen LogP contribution in [0.4, 0.5) is 0 Å². The first-order valence-corrected chi connectivity index (χ1v) is 5.71. The summed E-state index contributed by atoms with van der Waals surface area (Å²) in [7, 11) is 1.86. The van der Waals surface area contributed by atoms with Crippen molar-refractivity contribution >= 4 is 0 Å². The van der Waals surface area contributed by atoms with Gasteiger partial charge in [-0.3, -0.25) is 16.0 Å². The number of hydrogen-bond acceptors (Lipinski definition) is 6. The highest BCUT2D eigenvalue weighted by molar-refractivity contribution is 5.24. The van der Waals surface area contributed by atoms with Crippen LogP contribution in [0.1, 0.15) is 28.8 Å². The molecular weight excluding hydrogens is 230 g/mol. The lowest BCUT2D eigenvalue weighted by molar-refractivity contribution is 0.517. The van der Waals surface area contributed by atoms with E-state index in [4.69, 9.17) is 5.84 Å². The van der Waals surface area contributed by atoms with Crippen LogP contribution in [0.15, 0.2) is 12.4 Å². The number of aromatic nitrogens is 5. The van der Waals surface area contributed by atoms with Crippen molar-refractivity contribution in [2.24, 2.45) is 12.9 Å². The van der Waals surface area contributed by atoms with Gasteiger partial charge in [-0.05, 0) is 25.5 Å². The monoisotopic (exact) mass is 247 g/mol. The van der Waals surface area contributed by atoms with Crippen LogP contribution in [0.25, 0.3) is 0 Å². The SMILES string of the molecule is Cc1cc(C(Cc2ncnn2C)NN)c(C)nn1. The average molecular weight is 247 g/mol. The van der Waals surface area contributed by atoms with Gasteiger partial charge in [0.1, 0.15) is 12.2 Å². The summed E-state index contributed by atoms with van der Waals surface area (Å²) in [6.45, 7) is 3.83. The van der Waals surface area contributed by atoms with Crippen LogP contribution in [0.3, 0.4) is 0 Å². The Morgan fingerprint density at radius 1 is 1.39 bits per heavy atom. The summed E-state index contributed by atoms with van der Waals surface area (Å²) in [5, 5.41) is 12.2. The van der Waals surface area contributed by atoms with E-state index in [0.717, 1.165) is 22.8 Å². The van der Waals surface area contributed by atoms with Crippen LogP contribution in [-0.4, -0.2) is 25.0 Å². The van der Waals surface area contributed by atoms with Gasteiger partial charge in [0.25, 0.3) is 0 Å². The minimum Gasteiger partial charge on any atom is -0.271 e. The molecule has 3 N–H and O–H groups in total. The van der Waals surface area contributed by atoms with Gasteiger partial charge >= 0.3 is 0 Å². The van der Waals surface area contributed by atoms with Crippen molar-refractivity contribution in [2.75, 3.05) is 0 Å². The van der Waals surface area contributed by atoms with Crippen LogP contribution < -0.4 is 11.3 Å². The largest absolute Gasteiger partial charge is 0.271 e. The molecule has 0 aliphatic heterocycles. The van der Waals surface area contributed by atoms with Gasteiger partial charge in [-0.15, -0.1) is 0 Å². The first kappa shape index (κ1) is 12.6. The zero-order chi connectivity index (χ0) is 13.1. The number of nitrogens with two attached hydrogens (primary N) is 1. The van der Waals surface area contributed by atoms with E-state index in [9.17, 15) is 0 Å². The molecule has 0 aliphatic rings. The lowest BCUT2D eigenvalue weighted by Gasteiger charge is -2.17. The minimum absolute atomic E-state index is 0.0536. The van der Waals surface area contributed by atoms with Gasteiger partial charge in [0.2, 0.25) is 0 Å². The van der Waals surface area contributed by atoms with Crippen molar-refractivity contribution in [2.45, 2.75) is 26.3 Å². The predicted molar refractivity (Wildman–Crippen MR) is 66.3 cm³/mol. The fraction of sp³-hybridized carbons (Fsp3) is 0.455. The van der Waals surface area contributed by atoms with Gasteiger partial charge < -0.3 is 0 Å². The summed E-state index contributed by atoms with van der Waals surface area (Å²) < 4.78 is 1.74. The van der Waals surface area contributed by atoms with Gasteiger partial charge in [-0.1, -0.05) is 0 Å². The van der Waals surface area contributed by atoms with E-state index in [-0.39, 0.29) is 6.04 Å². The third kappa shape index (κ3) is 2.52. The van der Waals surface area contributed by atoms with Crippen molar-refractivity contribution in [3.8, 4) is 0 Å². The number of hydrogen-bond donors (Lipinski definition) is 2. The molecule has 2 aromatic rings. The molecule has 0 aromatic carbocycles. The molecule has 0 fully saturated rings. The molecule has 0 aliphatic carbocycles. The van der Waals surface area contributed by atoms with Crippen molar-refractivity contribution in [3.63, 3.8) is 0 Å². The molecule has 0 radical (unpaired) electrons. The fourth-order valence-corrected chi connectivity index (χ4v) is 1.87. The van der Waals surface area contributed by atoms with Gasteiger partial charge in [-0.2, -0.15) is 15.3 Å². The van der Waals surface area contributed by atoms with Crippen LogP contribution in [0.2, 0.25) is 0 Å². The van der Waals surface area contributed by atoms with Crippen molar-refractivity contribution < 1.29 is 0 Å². The number of nitrogens with one attached hydrogen (secondary N) is 1. The molecule has 96 valence electrons. The molecule has 0 bridgehead atoms. The van der Waals surface area contributed by atoms with Crippen LogP contribution >= 0.6 is 0 Å². The molecule has 18 heavy (non-hydrogen) atoms. The van der Waals surface area contributed by atoms with E-state index in [2.05, 4.69) is 25.7 Å². The molecule has 0 saturated heterocycles. The summed E-state index contributed by atoms with van der Waals surface area (Å²) >= 11 is 0. The molecule has 0 amide bonds. The Labute approximate surface area is 105 Å². The predicted octanol–water partition coefficient (Wildman–Crippen LogP) is -0.0310. The van der Waals surface area contributed by atoms with Crippen molar-refractivity contribution in [3.05, 3.63) is 35.2 Å². The second-order valence-corrected chi connectivity index (χ2v) is 4.25. The Balaban J connectivity index is 2.28. The highest BCUT2D eigenvalue weighted by atomic mass is 15.3. The second kappa shape index (κ2) is 5.19. The Morgan fingerprint density at radius 2 is 2.17 bits per heavy atom. The Bertz CT molecular complexity index is 534. The standard InChI is InChI=1S/C11H17N7/c1-7-4-9(8(2)17-16-7)10(15-12)5-11-13-6-14-18(11)3/h4,6,10,15H,5,12H2,1-3H3. The molecular formula is C11H17N7. The maximum atomic E-state index is 5.63. The number of rotatable bonds is 4. The lowest BCUT2D eigenvalue weighted by Crippen LogP contribution is -2.31. The smallest absolute Gasteiger partial charge is 0.138 e. The zero-order valence-corrected chi connectivity index (χ0v) is 10.8. The average Bonchev–Trinajstić information content (AvgIpc) is 2.75. The number of nitrogens with zero attached hydrogens (tertiary/aromatic N) is 5. The number of aryl methyl sites for hydroxylation is 3. The first-order valence-electron chi connectivity index (χ1n) is 5.71. The maximum absolute atomic E-state index is 5.63. The highest BCUT2D eigenvalue weighted by Gasteiger charge is 2.17. The van der Waals surface area contributed by atoms with E-state index >= 15 is 0 Å². The second-order valence-electron chi connectivity index (χ2n) is 4.25. The van der Waals surface area contributed by atoms with E-state index in [1.165, 1.54) is 6.33 Å². The van der Waals surface area contributed by atoms with Gasteiger partial charge in [0, 0.05) is 13.5 Å². The van der Waals surface area contributed by atoms with E-state index in [1.54, 1.807) is 4.68 Å². The molecule has 1 atom stereocenters. The van der Waals surface area contributed by atoms with Gasteiger partial charge in [0.15, 0.2) is 0 Å². The normalized spacial score (nSPS) is 12.7. The summed E-state index contributed by atoms with van der Waals surface area (Å²) in [5.41, 5.74) is 5.57. The van der Waals surface area contributed by atoms with Crippen LogP contribution in [0.5, 0.6) is 0 Å². The molecule has 7 heteroatoms. The van der Waals surface area contributed by atoms with Gasteiger partial charge in [0.05, 0.1) is 17.4 Å². The fourth-order valence-electron chi connectivity index (χ4n) is 1.87. The first-order chi connectivity index (χ1) is 8.61. The molecule has 1 unspecified atom stereocenters. The summed E-state index contributed by atoms with van der Waals surface area (Å²) in [6, 6.07) is 1.94. The molecule has 0 saturated carbocycles. The Morgan fingerprint density at radius 3 is 2.78 bits per heavy atom. The lowest BCUT2D eigenvalue weighted by atomic mass is 10.0.